The number of likely N-dealkylation sites (tertiary alicyclic amines) is 1. The molecule has 4 atom stereocenters. The predicted molar refractivity (Wildman–Crippen MR) is 113 cm³/mol. The standard InChI is InChI=1S/C23H30N4O2/c1-14-4-5-16(15(2)12-14)8-9-25-23(24-3)26-10-11-27-21(28)19-17-6-7-18(13-17)20(19)22(27)29/h4-7,12,17-20H,8-11,13H2,1-3H3,(H2,24,25,26). The molecule has 0 aromatic heterocycles. The number of hydrogen-bond acceptors (Lipinski definition) is 3. The molecule has 0 radical (unpaired) electrons. The van der Waals surface area contributed by atoms with E-state index in [2.05, 4.69) is 59.8 Å². The van der Waals surface area contributed by atoms with E-state index in [4.69, 9.17) is 0 Å². The molecule has 1 aromatic rings. The number of aliphatic imine (C=N–C) groups is 1. The molecule has 2 N–H and O–H groups in total. The van der Waals surface area contributed by atoms with E-state index >= 15 is 0 Å². The van der Waals surface area contributed by atoms with Crippen LogP contribution in [0.3, 0.4) is 0 Å². The normalized spacial score (nSPS) is 27.7. The highest BCUT2D eigenvalue weighted by Crippen LogP contribution is 2.52. The zero-order valence-corrected chi connectivity index (χ0v) is 17.4. The van der Waals surface area contributed by atoms with Crippen LogP contribution in [0.1, 0.15) is 23.1 Å². The number of amides is 2. The minimum atomic E-state index is -0.118. The third-order valence-corrected chi connectivity index (χ3v) is 6.60. The Morgan fingerprint density at radius 2 is 1.72 bits per heavy atom. The van der Waals surface area contributed by atoms with E-state index in [0.29, 0.717) is 19.0 Å². The molecule has 2 aliphatic carbocycles. The van der Waals surface area contributed by atoms with Crippen molar-refractivity contribution in [3.05, 3.63) is 47.0 Å². The summed E-state index contributed by atoms with van der Waals surface area (Å²) in [7, 11) is 1.73. The SMILES string of the molecule is CN=C(NCCc1ccc(C)cc1C)NCCN1C(=O)C2C3C=CC(C3)C2C1=O. The second kappa shape index (κ2) is 8.01. The smallest absolute Gasteiger partial charge is 0.233 e. The van der Waals surface area contributed by atoms with E-state index in [1.54, 1.807) is 7.05 Å². The highest BCUT2D eigenvalue weighted by Gasteiger charge is 2.58. The molecule has 154 valence electrons. The number of guanidine groups is 1. The van der Waals surface area contributed by atoms with Gasteiger partial charge in [-0.05, 0) is 49.7 Å². The zero-order valence-electron chi connectivity index (χ0n) is 17.4. The van der Waals surface area contributed by atoms with Crippen molar-refractivity contribution >= 4 is 17.8 Å². The molecule has 1 saturated heterocycles. The van der Waals surface area contributed by atoms with Gasteiger partial charge in [0.1, 0.15) is 0 Å². The molecule has 2 bridgehead atoms. The summed E-state index contributed by atoms with van der Waals surface area (Å²) in [5.41, 5.74) is 3.90. The molecule has 1 saturated carbocycles. The van der Waals surface area contributed by atoms with Crippen LogP contribution < -0.4 is 10.6 Å². The molecule has 2 amide bonds. The van der Waals surface area contributed by atoms with Gasteiger partial charge in [-0.2, -0.15) is 0 Å². The Morgan fingerprint density at radius 3 is 2.34 bits per heavy atom. The second-order valence-electron chi connectivity index (χ2n) is 8.43. The summed E-state index contributed by atoms with van der Waals surface area (Å²) in [6, 6.07) is 6.51. The summed E-state index contributed by atoms with van der Waals surface area (Å²) < 4.78 is 0. The number of rotatable bonds is 6. The fourth-order valence-corrected chi connectivity index (χ4v) is 5.13. The van der Waals surface area contributed by atoms with Gasteiger partial charge in [-0.3, -0.25) is 19.5 Å². The van der Waals surface area contributed by atoms with Crippen LogP contribution in [-0.4, -0.2) is 49.4 Å². The van der Waals surface area contributed by atoms with Crippen LogP contribution in [0.25, 0.3) is 0 Å². The fraction of sp³-hybridized carbons (Fsp3) is 0.522. The van der Waals surface area contributed by atoms with Crippen molar-refractivity contribution in [3.63, 3.8) is 0 Å². The van der Waals surface area contributed by atoms with E-state index in [1.165, 1.54) is 21.6 Å². The van der Waals surface area contributed by atoms with Gasteiger partial charge in [-0.1, -0.05) is 35.9 Å². The number of hydrogen-bond donors (Lipinski definition) is 2. The first-order chi connectivity index (χ1) is 14.0. The number of fused-ring (bicyclic) bond motifs is 5. The molecule has 6 nitrogen and oxygen atoms in total. The largest absolute Gasteiger partial charge is 0.356 e. The highest BCUT2D eigenvalue weighted by atomic mass is 16.2. The molecule has 6 heteroatoms. The van der Waals surface area contributed by atoms with E-state index in [9.17, 15) is 9.59 Å². The average Bonchev–Trinajstić information content (AvgIpc) is 3.37. The lowest BCUT2D eigenvalue weighted by Gasteiger charge is -2.18. The lowest BCUT2D eigenvalue weighted by molar-refractivity contribution is -0.140. The minimum absolute atomic E-state index is 0.0106. The van der Waals surface area contributed by atoms with E-state index in [-0.39, 0.29) is 35.5 Å². The Kier molecular flexibility index (Phi) is 5.43. The van der Waals surface area contributed by atoms with Gasteiger partial charge in [0.25, 0.3) is 0 Å². The van der Waals surface area contributed by atoms with E-state index in [1.807, 2.05) is 0 Å². The first-order valence-corrected chi connectivity index (χ1v) is 10.5. The number of allylic oxidation sites excluding steroid dienone is 2. The van der Waals surface area contributed by atoms with Crippen LogP contribution in [0.5, 0.6) is 0 Å². The number of nitrogens with zero attached hydrogens (tertiary/aromatic N) is 2. The van der Waals surface area contributed by atoms with Crippen molar-refractivity contribution in [2.45, 2.75) is 26.7 Å². The predicted octanol–water partition coefficient (Wildman–Crippen LogP) is 1.82. The second-order valence-corrected chi connectivity index (χ2v) is 8.43. The van der Waals surface area contributed by atoms with Crippen molar-refractivity contribution in [2.75, 3.05) is 26.7 Å². The monoisotopic (exact) mass is 394 g/mol. The van der Waals surface area contributed by atoms with E-state index < -0.39 is 0 Å². The number of carbonyl (C=O) groups is 2. The maximum atomic E-state index is 12.7. The third kappa shape index (κ3) is 3.68. The topological polar surface area (TPSA) is 73.8 Å². The summed E-state index contributed by atoms with van der Waals surface area (Å²) in [4.78, 5) is 31.1. The lowest BCUT2D eigenvalue weighted by Crippen LogP contribution is -2.44. The van der Waals surface area contributed by atoms with Crippen molar-refractivity contribution in [3.8, 4) is 0 Å². The molecular formula is C23H30N4O2. The number of imide groups is 1. The van der Waals surface area contributed by atoms with Crippen molar-refractivity contribution in [2.24, 2.45) is 28.7 Å². The van der Waals surface area contributed by atoms with Crippen molar-refractivity contribution in [1.82, 2.24) is 15.5 Å². The summed E-state index contributed by atoms with van der Waals surface area (Å²) in [6.07, 6.45) is 6.13. The van der Waals surface area contributed by atoms with Crippen LogP contribution >= 0.6 is 0 Å². The molecule has 4 rings (SSSR count). The van der Waals surface area contributed by atoms with Gasteiger partial charge >= 0.3 is 0 Å². The Labute approximate surface area is 172 Å². The van der Waals surface area contributed by atoms with Crippen LogP contribution in [0, 0.1) is 37.5 Å². The fourth-order valence-electron chi connectivity index (χ4n) is 5.13. The van der Waals surface area contributed by atoms with Gasteiger partial charge in [-0.25, -0.2) is 0 Å². The third-order valence-electron chi connectivity index (χ3n) is 6.60. The van der Waals surface area contributed by atoms with Crippen LogP contribution in [-0.2, 0) is 16.0 Å². The summed E-state index contributed by atoms with van der Waals surface area (Å²) in [6.45, 7) is 5.90. The maximum Gasteiger partial charge on any atom is 0.233 e. The Morgan fingerprint density at radius 1 is 1.07 bits per heavy atom. The number of benzene rings is 1. The van der Waals surface area contributed by atoms with Gasteiger partial charge in [0.15, 0.2) is 5.96 Å². The Bertz CT molecular complexity index is 846. The minimum Gasteiger partial charge on any atom is -0.356 e. The Balaban J connectivity index is 1.23. The maximum absolute atomic E-state index is 12.7. The first kappa shape index (κ1) is 19.7. The molecule has 4 unspecified atom stereocenters. The Hall–Kier alpha value is -2.63. The lowest BCUT2D eigenvalue weighted by atomic mass is 9.85. The van der Waals surface area contributed by atoms with Gasteiger partial charge in [0, 0.05) is 26.7 Å². The summed E-state index contributed by atoms with van der Waals surface area (Å²) in [5.74, 6) is 1.00. The number of carbonyl (C=O) groups excluding carboxylic acids is 2. The van der Waals surface area contributed by atoms with E-state index in [0.717, 1.165) is 19.4 Å². The van der Waals surface area contributed by atoms with Gasteiger partial charge in [0.05, 0.1) is 11.8 Å². The van der Waals surface area contributed by atoms with Crippen LogP contribution in [0.15, 0.2) is 35.3 Å². The molecule has 1 aromatic carbocycles. The molecular weight excluding hydrogens is 364 g/mol. The molecule has 1 heterocycles. The quantitative estimate of drug-likeness (QED) is 0.334. The van der Waals surface area contributed by atoms with Crippen molar-refractivity contribution < 1.29 is 9.59 Å². The van der Waals surface area contributed by atoms with Gasteiger partial charge < -0.3 is 10.6 Å². The van der Waals surface area contributed by atoms with Gasteiger partial charge in [-0.15, -0.1) is 0 Å². The molecule has 1 aliphatic heterocycles. The summed E-state index contributed by atoms with van der Waals surface area (Å²) >= 11 is 0. The average molecular weight is 395 g/mol. The molecule has 3 aliphatic rings. The molecule has 2 fully saturated rings. The van der Waals surface area contributed by atoms with Gasteiger partial charge in [0.2, 0.25) is 11.8 Å². The number of nitrogens with one attached hydrogen (secondary N) is 2. The van der Waals surface area contributed by atoms with Crippen LogP contribution in [0.4, 0.5) is 0 Å². The van der Waals surface area contributed by atoms with Crippen molar-refractivity contribution in [1.29, 1.82) is 0 Å². The molecule has 29 heavy (non-hydrogen) atoms. The van der Waals surface area contributed by atoms with Crippen LogP contribution in [0.2, 0.25) is 0 Å². The zero-order chi connectivity index (χ0) is 20.5. The highest BCUT2D eigenvalue weighted by molar-refractivity contribution is 6.06. The first-order valence-electron chi connectivity index (χ1n) is 10.5. The number of aryl methyl sites for hydroxylation is 2. The molecule has 0 spiro atoms. The summed E-state index contributed by atoms with van der Waals surface area (Å²) in [5, 5.41) is 6.54.